The van der Waals surface area contributed by atoms with E-state index in [4.69, 9.17) is 0 Å². The van der Waals surface area contributed by atoms with Gasteiger partial charge in [-0.2, -0.15) is 9.78 Å². The number of carbonyl (C=O) groups is 1. The Kier molecular flexibility index (Phi) is 3.78. The first kappa shape index (κ1) is 14.6. The fraction of sp³-hybridized carbons (Fsp3) is 0.312. The summed E-state index contributed by atoms with van der Waals surface area (Å²) in [6, 6.07) is 9.52. The van der Waals surface area contributed by atoms with Crippen LogP contribution < -0.4 is 0 Å². The molecule has 0 spiro atoms. The largest absolute Gasteiger partial charge is 0.336 e. The van der Waals surface area contributed by atoms with Crippen molar-refractivity contribution in [1.82, 2.24) is 34.9 Å². The van der Waals surface area contributed by atoms with E-state index in [1.54, 1.807) is 6.20 Å². The zero-order chi connectivity index (χ0) is 16.4. The van der Waals surface area contributed by atoms with Crippen molar-refractivity contribution in [2.45, 2.75) is 18.9 Å². The highest BCUT2D eigenvalue weighted by Gasteiger charge is 2.27. The number of amides is 1. The van der Waals surface area contributed by atoms with Crippen LogP contribution in [0, 0.1) is 0 Å². The van der Waals surface area contributed by atoms with Gasteiger partial charge in [-0.15, -0.1) is 5.10 Å². The molecule has 3 aromatic rings. The lowest BCUT2D eigenvalue weighted by Gasteiger charge is -2.33. The third kappa shape index (κ3) is 2.66. The number of carbonyl (C=O) groups excluding carboxylic acids is 1. The van der Waals surface area contributed by atoms with Crippen molar-refractivity contribution in [3.05, 3.63) is 54.6 Å². The van der Waals surface area contributed by atoms with Crippen molar-refractivity contribution < 1.29 is 4.79 Å². The van der Waals surface area contributed by atoms with Gasteiger partial charge in [-0.1, -0.05) is 12.1 Å². The maximum Gasteiger partial charge on any atom is 0.256 e. The van der Waals surface area contributed by atoms with E-state index in [9.17, 15) is 4.79 Å². The Bertz CT molecular complexity index is 813. The van der Waals surface area contributed by atoms with Crippen molar-refractivity contribution in [3.63, 3.8) is 0 Å². The van der Waals surface area contributed by atoms with Gasteiger partial charge in [0.1, 0.15) is 6.33 Å². The Balaban J connectivity index is 1.60. The highest BCUT2D eigenvalue weighted by Crippen LogP contribution is 2.23. The van der Waals surface area contributed by atoms with Crippen LogP contribution in [0.25, 0.3) is 5.69 Å². The molecule has 1 atom stereocenters. The molecule has 3 heterocycles. The molecule has 1 aliphatic heterocycles. The van der Waals surface area contributed by atoms with Crippen molar-refractivity contribution in [2.75, 3.05) is 13.1 Å². The van der Waals surface area contributed by atoms with E-state index in [0.29, 0.717) is 17.8 Å². The minimum Gasteiger partial charge on any atom is -0.336 e. The van der Waals surface area contributed by atoms with Crippen molar-refractivity contribution in [2.24, 2.45) is 0 Å². The smallest absolute Gasteiger partial charge is 0.256 e. The van der Waals surface area contributed by atoms with Gasteiger partial charge in [0.05, 0.1) is 17.3 Å². The first-order valence-electron chi connectivity index (χ1n) is 7.94. The van der Waals surface area contributed by atoms with Gasteiger partial charge in [-0.25, -0.2) is 0 Å². The molecule has 1 amide bonds. The van der Waals surface area contributed by atoms with Crippen LogP contribution in [-0.2, 0) is 0 Å². The quantitative estimate of drug-likeness (QED) is 0.726. The number of nitrogens with zero attached hydrogens (tertiary/aromatic N) is 7. The molecule has 4 rings (SSSR count). The van der Waals surface area contributed by atoms with E-state index in [0.717, 1.165) is 19.4 Å². The monoisotopic (exact) mass is 323 g/mol. The highest BCUT2D eigenvalue weighted by molar-refractivity contribution is 5.97. The summed E-state index contributed by atoms with van der Waals surface area (Å²) in [5, 5.41) is 15.5. The molecule has 0 radical (unpaired) electrons. The number of para-hydroxylation sites is 1. The van der Waals surface area contributed by atoms with E-state index in [-0.39, 0.29) is 11.9 Å². The maximum atomic E-state index is 13.0. The third-order valence-electron chi connectivity index (χ3n) is 4.31. The van der Waals surface area contributed by atoms with E-state index in [2.05, 4.69) is 20.6 Å². The van der Waals surface area contributed by atoms with Crippen LogP contribution in [0.15, 0.2) is 49.1 Å². The molecule has 122 valence electrons. The molecule has 1 fully saturated rings. The molecular weight excluding hydrogens is 306 g/mol. The minimum atomic E-state index is -0.00189. The number of hydrogen-bond donors (Lipinski definition) is 0. The van der Waals surface area contributed by atoms with E-state index < -0.39 is 0 Å². The van der Waals surface area contributed by atoms with Gasteiger partial charge in [-0.05, 0) is 41.5 Å². The molecule has 0 bridgehead atoms. The highest BCUT2D eigenvalue weighted by atomic mass is 16.2. The van der Waals surface area contributed by atoms with Gasteiger partial charge in [0.25, 0.3) is 5.91 Å². The summed E-state index contributed by atoms with van der Waals surface area (Å²) in [7, 11) is 0. The minimum absolute atomic E-state index is 0.00189. The van der Waals surface area contributed by atoms with E-state index >= 15 is 0 Å². The van der Waals surface area contributed by atoms with Gasteiger partial charge >= 0.3 is 0 Å². The second-order valence-electron chi connectivity index (χ2n) is 5.80. The summed E-state index contributed by atoms with van der Waals surface area (Å²) in [6.07, 6.45) is 7.21. The lowest BCUT2D eigenvalue weighted by atomic mass is 10.0. The summed E-state index contributed by atoms with van der Waals surface area (Å²) in [6.45, 7) is 1.41. The molecule has 1 saturated heterocycles. The predicted octanol–water partition coefficient (Wildman–Crippen LogP) is 1.34. The van der Waals surface area contributed by atoms with Crippen LogP contribution in [0.2, 0.25) is 0 Å². The van der Waals surface area contributed by atoms with Gasteiger partial charge in [0, 0.05) is 25.5 Å². The lowest BCUT2D eigenvalue weighted by molar-refractivity contribution is 0.0673. The van der Waals surface area contributed by atoms with Crippen LogP contribution in [-0.4, -0.2) is 53.9 Å². The Hall–Kier alpha value is -3.03. The molecule has 24 heavy (non-hydrogen) atoms. The van der Waals surface area contributed by atoms with E-state index in [1.807, 2.05) is 46.1 Å². The molecule has 8 heteroatoms. The molecular formula is C16H17N7O. The normalized spacial score (nSPS) is 17.8. The third-order valence-corrected chi connectivity index (χ3v) is 4.31. The summed E-state index contributed by atoms with van der Waals surface area (Å²) in [5.74, 6) is -0.00189. The summed E-state index contributed by atoms with van der Waals surface area (Å²) >= 11 is 0. The zero-order valence-corrected chi connectivity index (χ0v) is 13.1. The first-order chi connectivity index (χ1) is 11.8. The number of rotatable bonds is 3. The maximum absolute atomic E-state index is 13.0. The number of aromatic nitrogens is 6. The molecule has 1 unspecified atom stereocenters. The standard InChI is InChI=1S/C16H17N7O/c24-16(14-6-1-2-7-15(14)23-12-17-19-20-23)21-9-3-5-13(11-21)22-10-4-8-18-22/h1-2,4,6-8,10,12-13H,3,5,9,11H2. The molecule has 0 N–H and O–H groups in total. The SMILES string of the molecule is O=C(c1ccccc1-n1cnnn1)N1CCCC(n2cccn2)C1. The number of benzene rings is 1. The fourth-order valence-electron chi connectivity index (χ4n) is 3.15. The average Bonchev–Trinajstić information content (AvgIpc) is 3.35. The van der Waals surface area contributed by atoms with E-state index in [1.165, 1.54) is 11.0 Å². The number of likely N-dealkylation sites (tertiary alicyclic amines) is 1. The first-order valence-corrected chi connectivity index (χ1v) is 7.94. The molecule has 1 aromatic carbocycles. The zero-order valence-electron chi connectivity index (χ0n) is 13.1. The summed E-state index contributed by atoms with van der Waals surface area (Å²) in [4.78, 5) is 14.9. The second-order valence-corrected chi connectivity index (χ2v) is 5.80. The van der Waals surface area contributed by atoms with Gasteiger partial charge in [0.15, 0.2) is 0 Å². The second kappa shape index (κ2) is 6.23. The van der Waals surface area contributed by atoms with Crippen LogP contribution in [0.1, 0.15) is 29.2 Å². The number of hydrogen-bond acceptors (Lipinski definition) is 5. The van der Waals surface area contributed by atoms with Gasteiger partial charge in [-0.3, -0.25) is 9.48 Å². The topological polar surface area (TPSA) is 81.7 Å². The predicted molar refractivity (Wildman–Crippen MR) is 85.6 cm³/mol. The molecule has 1 aliphatic rings. The summed E-state index contributed by atoms with van der Waals surface area (Å²) < 4.78 is 3.45. The van der Waals surface area contributed by atoms with Crippen LogP contribution in [0.3, 0.4) is 0 Å². The van der Waals surface area contributed by atoms with Crippen molar-refractivity contribution in [1.29, 1.82) is 0 Å². The van der Waals surface area contributed by atoms with Gasteiger partial charge in [0.2, 0.25) is 0 Å². The van der Waals surface area contributed by atoms with Crippen LogP contribution in [0.5, 0.6) is 0 Å². The number of tetrazole rings is 1. The fourth-order valence-corrected chi connectivity index (χ4v) is 3.15. The lowest BCUT2D eigenvalue weighted by Crippen LogP contribution is -2.41. The molecule has 0 saturated carbocycles. The molecule has 2 aromatic heterocycles. The van der Waals surface area contributed by atoms with Gasteiger partial charge < -0.3 is 4.90 Å². The summed E-state index contributed by atoms with van der Waals surface area (Å²) in [5.41, 5.74) is 1.29. The molecule has 0 aliphatic carbocycles. The molecule has 8 nitrogen and oxygen atoms in total. The Morgan fingerprint density at radius 3 is 2.92 bits per heavy atom. The van der Waals surface area contributed by atoms with Crippen molar-refractivity contribution >= 4 is 5.91 Å². The van der Waals surface area contributed by atoms with Crippen LogP contribution in [0.4, 0.5) is 0 Å². The number of piperidine rings is 1. The van der Waals surface area contributed by atoms with Crippen molar-refractivity contribution in [3.8, 4) is 5.69 Å². The average molecular weight is 323 g/mol. The Labute approximate surface area is 138 Å². The Morgan fingerprint density at radius 2 is 2.12 bits per heavy atom. The Morgan fingerprint density at radius 1 is 1.21 bits per heavy atom. The van der Waals surface area contributed by atoms with Crippen LogP contribution >= 0.6 is 0 Å².